The Kier molecular flexibility index (Phi) is 5.56. The molecule has 0 saturated heterocycles. The highest BCUT2D eigenvalue weighted by Gasteiger charge is 2.16. The van der Waals surface area contributed by atoms with E-state index in [1.165, 1.54) is 11.3 Å². The van der Waals surface area contributed by atoms with E-state index < -0.39 is 0 Å². The van der Waals surface area contributed by atoms with Gasteiger partial charge in [-0.15, -0.1) is 23.7 Å². The van der Waals surface area contributed by atoms with E-state index in [-0.39, 0.29) is 24.0 Å². The van der Waals surface area contributed by atoms with Crippen LogP contribution in [-0.2, 0) is 0 Å². The zero-order valence-electron chi connectivity index (χ0n) is 15.1. The van der Waals surface area contributed by atoms with Gasteiger partial charge in [0.2, 0.25) is 0 Å². The third kappa shape index (κ3) is 3.23. The van der Waals surface area contributed by atoms with Crippen LogP contribution in [0.4, 0.5) is 0 Å². The minimum Gasteiger partial charge on any atom is -0.496 e. The second kappa shape index (κ2) is 7.72. The molecule has 1 unspecified atom stereocenters. The van der Waals surface area contributed by atoms with Gasteiger partial charge in [0.25, 0.3) is 5.56 Å². The van der Waals surface area contributed by atoms with Crippen LogP contribution in [0.3, 0.4) is 0 Å². The fourth-order valence-corrected chi connectivity index (χ4v) is 4.21. The molecule has 0 spiro atoms. The van der Waals surface area contributed by atoms with Crippen LogP contribution < -0.4 is 16.0 Å². The quantitative estimate of drug-likeness (QED) is 0.491. The Morgan fingerprint density at radius 2 is 1.89 bits per heavy atom. The van der Waals surface area contributed by atoms with E-state index in [1.807, 2.05) is 23.6 Å². The summed E-state index contributed by atoms with van der Waals surface area (Å²) in [4.78, 5) is 15.3. The van der Waals surface area contributed by atoms with Crippen LogP contribution in [0.15, 0.2) is 52.6 Å². The lowest BCUT2D eigenvalue weighted by molar-refractivity contribution is 0.417. The molecule has 2 heterocycles. The Hall–Kier alpha value is -2.34. The Labute approximate surface area is 167 Å². The van der Waals surface area contributed by atoms with Crippen molar-refractivity contribution in [1.29, 1.82) is 0 Å². The van der Waals surface area contributed by atoms with Crippen molar-refractivity contribution in [3.8, 4) is 16.9 Å². The molecule has 1 atom stereocenters. The van der Waals surface area contributed by atoms with Gasteiger partial charge in [-0.2, -0.15) is 0 Å². The maximum absolute atomic E-state index is 12.3. The van der Waals surface area contributed by atoms with Crippen molar-refractivity contribution in [2.45, 2.75) is 19.4 Å². The zero-order chi connectivity index (χ0) is 18.3. The average Bonchev–Trinajstić information content (AvgIpc) is 3.17. The number of benzene rings is 2. The molecule has 0 aliphatic rings. The average molecular weight is 401 g/mol. The van der Waals surface area contributed by atoms with Gasteiger partial charge in [-0.3, -0.25) is 4.79 Å². The number of H-pyrrole nitrogens is 1. The second-order valence-corrected chi connectivity index (χ2v) is 7.24. The standard InChI is InChI=1S/C21H20N2O2S.ClH/c1-3-15(22)12-4-6-13(7-5-12)18-17(25-2)9-8-16-19(18)14-10-11-26-20(14)21(24)23-16;/h4-11,15H,3,22H2,1-2H3,(H,23,24);1H. The van der Waals surface area contributed by atoms with Crippen molar-refractivity contribution in [3.63, 3.8) is 0 Å². The molecule has 0 amide bonds. The van der Waals surface area contributed by atoms with Gasteiger partial charge in [0.05, 0.1) is 7.11 Å². The third-order valence-corrected chi connectivity index (χ3v) is 5.76. The van der Waals surface area contributed by atoms with Crippen LogP contribution in [0.5, 0.6) is 5.75 Å². The summed E-state index contributed by atoms with van der Waals surface area (Å²) in [6.45, 7) is 2.08. The summed E-state index contributed by atoms with van der Waals surface area (Å²) in [6, 6.07) is 14.1. The predicted octanol–water partition coefficient (Wildman–Crippen LogP) is 5.25. The smallest absolute Gasteiger partial charge is 0.266 e. The van der Waals surface area contributed by atoms with Gasteiger partial charge in [-0.1, -0.05) is 31.2 Å². The minimum absolute atomic E-state index is 0. The highest BCUT2D eigenvalue weighted by molar-refractivity contribution is 7.17. The summed E-state index contributed by atoms with van der Waals surface area (Å²) in [5, 5.41) is 3.91. The van der Waals surface area contributed by atoms with E-state index in [2.05, 4.69) is 36.2 Å². The van der Waals surface area contributed by atoms with Crippen molar-refractivity contribution < 1.29 is 4.74 Å². The van der Waals surface area contributed by atoms with Crippen LogP contribution in [0.25, 0.3) is 32.1 Å². The van der Waals surface area contributed by atoms with Crippen molar-refractivity contribution >= 4 is 44.7 Å². The van der Waals surface area contributed by atoms with E-state index >= 15 is 0 Å². The summed E-state index contributed by atoms with van der Waals surface area (Å²) in [5.41, 5.74) is 10.0. The molecule has 0 radical (unpaired) electrons. The van der Waals surface area contributed by atoms with Crippen LogP contribution in [0, 0.1) is 0 Å². The van der Waals surface area contributed by atoms with Crippen LogP contribution in [0.2, 0.25) is 0 Å². The van der Waals surface area contributed by atoms with Gasteiger partial charge < -0.3 is 15.5 Å². The Balaban J connectivity index is 0.00000210. The van der Waals surface area contributed by atoms with Crippen LogP contribution >= 0.6 is 23.7 Å². The number of ether oxygens (including phenoxy) is 1. The number of nitrogens with one attached hydrogen (secondary N) is 1. The molecule has 27 heavy (non-hydrogen) atoms. The van der Waals surface area contributed by atoms with Crippen molar-refractivity contribution in [3.05, 3.63) is 63.8 Å². The maximum atomic E-state index is 12.3. The van der Waals surface area contributed by atoms with Crippen molar-refractivity contribution in [2.24, 2.45) is 5.73 Å². The number of hydrogen-bond acceptors (Lipinski definition) is 4. The fraction of sp³-hybridized carbons (Fsp3) is 0.190. The van der Waals surface area contributed by atoms with Gasteiger partial charge in [0, 0.05) is 27.9 Å². The summed E-state index contributed by atoms with van der Waals surface area (Å²) < 4.78 is 6.38. The van der Waals surface area contributed by atoms with Gasteiger partial charge in [-0.05, 0) is 41.1 Å². The van der Waals surface area contributed by atoms with Gasteiger partial charge >= 0.3 is 0 Å². The zero-order valence-corrected chi connectivity index (χ0v) is 16.7. The largest absolute Gasteiger partial charge is 0.496 e. The number of aromatic nitrogens is 1. The Bertz CT molecular complexity index is 1150. The second-order valence-electron chi connectivity index (χ2n) is 6.32. The van der Waals surface area contributed by atoms with E-state index in [4.69, 9.17) is 10.5 Å². The molecule has 4 rings (SSSR count). The van der Waals surface area contributed by atoms with Gasteiger partial charge in [0.15, 0.2) is 0 Å². The summed E-state index contributed by atoms with van der Waals surface area (Å²) >= 11 is 1.45. The van der Waals surface area contributed by atoms with Gasteiger partial charge in [0.1, 0.15) is 10.4 Å². The normalized spacial score (nSPS) is 12.1. The number of methoxy groups -OCH3 is 1. The maximum Gasteiger partial charge on any atom is 0.266 e. The fourth-order valence-electron chi connectivity index (χ4n) is 3.42. The summed E-state index contributed by atoms with van der Waals surface area (Å²) in [6.07, 6.45) is 0.897. The first kappa shape index (κ1) is 19.4. The number of fused-ring (bicyclic) bond motifs is 3. The number of aromatic amines is 1. The molecule has 140 valence electrons. The molecule has 0 aliphatic carbocycles. The number of pyridine rings is 1. The molecular weight excluding hydrogens is 380 g/mol. The first-order valence-corrected chi connectivity index (χ1v) is 9.48. The molecule has 4 nitrogen and oxygen atoms in total. The van der Waals surface area contributed by atoms with E-state index in [0.29, 0.717) is 0 Å². The lowest BCUT2D eigenvalue weighted by atomic mass is 9.95. The molecule has 0 saturated carbocycles. The summed E-state index contributed by atoms with van der Waals surface area (Å²) in [7, 11) is 1.67. The van der Waals surface area contributed by atoms with E-state index in [0.717, 1.165) is 49.8 Å². The molecule has 4 aromatic rings. The Morgan fingerprint density at radius 1 is 1.15 bits per heavy atom. The van der Waals surface area contributed by atoms with E-state index in [9.17, 15) is 4.79 Å². The highest BCUT2D eigenvalue weighted by atomic mass is 35.5. The monoisotopic (exact) mass is 400 g/mol. The highest BCUT2D eigenvalue weighted by Crippen LogP contribution is 2.40. The van der Waals surface area contributed by atoms with E-state index in [1.54, 1.807) is 7.11 Å². The molecule has 0 fully saturated rings. The molecule has 2 aromatic carbocycles. The van der Waals surface area contributed by atoms with Crippen LogP contribution in [-0.4, -0.2) is 12.1 Å². The SMILES string of the molecule is CCC(N)c1ccc(-c2c(OC)ccc3[nH]c(=O)c4sccc4c23)cc1.Cl. The topological polar surface area (TPSA) is 68.1 Å². The predicted molar refractivity (Wildman–Crippen MR) is 116 cm³/mol. The molecule has 2 aromatic heterocycles. The molecule has 6 heteroatoms. The number of rotatable bonds is 4. The molecule has 0 aliphatic heterocycles. The lowest BCUT2D eigenvalue weighted by Crippen LogP contribution is -2.08. The number of nitrogens with two attached hydrogens (primary N) is 1. The van der Waals surface area contributed by atoms with Crippen LogP contribution in [0.1, 0.15) is 24.9 Å². The molecule has 0 bridgehead atoms. The number of thiophene rings is 1. The molecule has 3 N–H and O–H groups in total. The van der Waals surface area contributed by atoms with Gasteiger partial charge in [-0.25, -0.2) is 0 Å². The Morgan fingerprint density at radius 3 is 2.56 bits per heavy atom. The number of hydrogen-bond donors (Lipinski definition) is 2. The van der Waals surface area contributed by atoms with Crippen molar-refractivity contribution in [1.82, 2.24) is 4.98 Å². The first-order valence-electron chi connectivity index (χ1n) is 8.60. The number of halogens is 1. The lowest BCUT2D eigenvalue weighted by Gasteiger charge is -2.15. The third-order valence-electron chi connectivity index (χ3n) is 4.84. The first-order chi connectivity index (χ1) is 12.6. The van der Waals surface area contributed by atoms with Crippen molar-refractivity contribution in [2.75, 3.05) is 7.11 Å². The molecular formula is C21H21ClN2O2S. The minimum atomic E-state index is -0.0529. The summed E-state index contributed by atoms with van der Waals surface area (Å²) in [5.74, 6) is 0.782.